The Hall–Kier alpha value is -2.19. The van der Waals surface area contributed by atoms with Gasteiger partial charge < -0.3 is 15.4 Å². The molecule has 0 radical (unpaired) electrons. The molecular weight excluding hydrogens is 362 g/mol. The van der Waals surface area contributed by atoms with E-state index < -0.39 is 5.91 Å². The first kappa shape index (κ1) is 18.2. The largest absolute Gasteiger partial charge is 0.495 e. The molecule has 4 aliphatic carbocycles. The average Bonchev–Trinajstić information content (AvgIpc) is 2.61. The number of methoxy groups -OCH3 is 1. The van der Waals surface area contributed by atoms with Crippen LogP contribution < -0.4 is 15.4 Å². The number of hydrogen-bond acceptors (Lipinski definition) is 4. The molecule has 0 atom stereocenters. The summed E-state index contributed by atoms with van der Waals surface area (Å²) in [6.07, 6.45) is 9.12. The first-order valence-corrected chi connectivity index (χ1v) is 9.91. The minimum atomic E-state index is -0.463. The van der Waals surface area contributed by atoms with Gasteiger partial charge >= 0.3 is 0 Å². The third-order valence-electron chi connectivity index (χ3n) is 6.34. The van der Waals surface area contributed by atoms with E-state index >= 15 is 0 Å². The van der Waals surface area contributed by atoms with Crippen LogP contribution in [0.3, 0.4) is 0 Å². The molecule has 4 fully saturated rings. The summed E-state index contributed by atoms with van der Waals surface area (Å²) in [7, 11) is 1.52. The molecule has 142 valence electrons. The van der Waals surface area contributed by atoms with E-state index in [4.69, 9.17) is 16.3 Å². The minimum absolute atomic E-state index is 0.0604. The number of carbonyl (C=O) groups is 1. The zero-order valence-corrected chi connectivity index (χ0v) is 16.2. The van der Waals surface area contributed by atoms with Gasteiger partial charge in [0.15, 0.2) is 0 Å². The van der Waals surface area contributed by atoms with E-state index in [0.29, 0.717) is 16.5 Å². The molecule has 1 amide bonds. The number of ether oxygens (including phenoxy) is 1. The maximum absolute atomic E-state index is 12.6. The highest BCUT2D eigenvalue weighted by Gasteiger charge is 2.50. The second-order valence-electron chi connectivity index (χ2n) is 8.31. The smallest absolute Gasteiger partial charge is 0.267 e. The molecule has 27 heavy (non-hydrogen) atoms. The molecular formula is C21H24ClN3O2. The predicted octanol–water partition coefficient (Wildman–Crippen LogP) is 4.25. The van der Waals surface area contributed by atoms with E-state index in [-0.39, 0.29) is 11.1 Å². The number of nitriles is 1. The van der Waals surface area contributed by atoms with Crippen molar-refractivity contribution in [2.75, 3.05) is 12.4 Å². The van der Waals surface area contributed by atoms with Crippen molar-refractivity contribution in [3.8, 4) is 11.8 Å². The Labute approximate surface area is 164 Å². The SMILES string of the molecule is COc1ccc(Cl)cc1NC(=O)/C(C#N)=C\NC12CC3CC(CC(C3)C1)C2. The Morgan fingerprint density at radius 1 is 1.26 bits per heavy atom. The number of halogens is 1. The number of rotatable bonds is 5. The monoisotopic (exact) mass is 385 g/mol. The fraction of sp³-hybridized carbons (Fsp3) is 0.524. The van der Waals surface area contributed by atoms with Crippen molar-refractivity contribution in [3.05, 3.63) is 35.0 Å². The van der Waals surface area contributed by atoms with Gasteiger partial charge in [-0.1, -0.05) is 11.6 Å². The standard InChI is InChI=1S/C21H24ClN3O2/c1-27-19-3-2-17(22)7-18(19)25-20(26)16(11-23)12-24-21-8-13-4-14(9-21)6-15(5-13)10-21/h2-3,7,12-15,24H,4-6,8-10H2,1H3,(H,25,26)/b16-12-. The van der Waals surface area contributed by atoms with E-state index in [1.54, 1.807) is 24.4 Å². The Morgan fingerprint density at radius 2 is 1.89 bits per heavy atom. The molecule has 1 aromatic carbocycles. The van der Waals surface area contributed by atoms with Crippen LogP contribution in [-0.2, 0) is 4.79 Å². The molecule has 5 nitrogen and oxygen atoms in total. The van der Waals surface area contributed by atoms with E-state index in [1.807, 2.05) is 6.07 Å². The molecule has 0 heterocycles. The van der Waals surface area contributed by atoms with Crippen LogP contribution in [0.1, 0.15) is 38.5 Å². The third kappa shape index (κ3) is 3.64. The Kier molecular flexibility index (Phi) is 4.77. The molecule has 5 rings (SSSR count). The molecule has 4 aliphatic rings. The van der Waals surface area contributed by atoms with Gasteiger partial charge in [-0.25, -0.2) is 0 Å². The van der Waals surface area contributed by atoms with Gasteiger partial charge in [0.25, 0.3) is 5.91 Å². The molecule has 0 saturated heterocycles. The molecule has 0 unspecified atom stereocenters. The van der Waals surface area contributed by atoms with E-state index in [2.05, 4.69) is 10.6 Å². The molecule has 0 aromatic heterocycles. The van der Waals surface area contributed by atoms with Crippen molar-refractivity contribution in [1.82, 2.24) is 5.32 Å². The molecule has 0 aliphatic heterocycles. The van der Waals surface area contributed by atoms with Gasteiger partial charge in [-0.15, -0.1) is 0 Å². The predicted molar refractivity (Wildman–Crippen MR) is 104 cm³/mol. The van der Waals surface area contributed by atoms with Gasteiger partial charge in [0.05, 0.1) is 12.8 Å². The molecule has 4 bridgehead atoms. The van der Waals surface area contributed by atoms with E-state index in [0.717, 1.165) is 37.0 Å². The van der Waals surface area contributed by atoms with Crippen LogP contribution in [-0.4, -0.2) is 18.6 Å². The van der Waals surface area contributed by atoms with E-state index in [1.165, 1.54) is 26.4 Å². The van der Waals surface area contributed by atoms with Gasteiger partial charge in [-0.3, -0.25) is 4.79 Å². The second-order valence-corrected chi connectivity index (χ2v) is 8.75. The highest BCUT2D eigenvalue weighted by atomic mass is 35.5. The average molecular weight is 386 g/mol. The van der Waals surface area contributed by atoms with Crippen LogP contribution in [0.15, 0.2) is 30.0 Å². The summed E-state index contributed by atoms with van der Waals surface area (Å²) in [6.45, 7) is 0. The summed E-state index contributed by atoms with van der Waals surface area (Å²) in [5, 5.41) is 16.2. The van der Waals surface area contributed by atoms with Gasteiger partial charge in [0.1, 0.15) is 17.4 Å². The lowest BCUT2D eigenvalue weighted by Crippen LogP contribution is -2.57. The first-order valence-electron chi connectivity index (χ1n) is 9.53. The zero-order chi connectivity index (χ0) is 19.0. The van der Waals surface area contributed by atoms with Crippen LogP contribution in [0.4, 0.5) is 5.69 Å². The molecule has 6 heteroatoms. The van der Waals surface area contributed by atoms with Gasteiger partial charge in [-0.05, 0) is 74.5 Å². The number of benzene rings is 1. The maximum Gasteiger partial charge on any atom is 0.267 e. The summed E-state index contributed by atoms with van der Waals surface area (Å²) in [5.74, 6) is 2.43. The lowest BCUT2D eigenvalue weighted by atomic mass is 9.53. The molecule has 0 spiro atoms. The highest BCUT2D eigenvalue weighted by molar-refractivity contribution is 6.31. The minimum Gasteiger partial charge on any atom is -0.495 e. The number of hydrogen-bond donors (Lipinski definition) is 2. The van der Waals surface area contributed by atoms with Gasteiger partial charge in [-0.2, -0.15) is 5.26 Å². The van der Waals surface area contributed by atoms with Crippen molar-refractivity contribution in [1.29, 1.82) is 5.26 Å². The van der Waals surface area contributed by atoms with Crippen molar-refractivity contribution in [2.45, 2.75) is 44.1 Å². The molecule has 4 saturated carbocycles. The summed E-state index contributed by atoms with van der Waals surface area (Å²) < 4.78 is 5.25. The number of amides is 1. The zero-order valence-electron chi connectivity index (χ0n) is 15.4. The van der Waals surface area contributed by atoms with Crippen LogP contribution in [0.2, 0.25) is 5.02 Å². The number of carbonyl (C=O) groups excluding carboxylic acids is 1. The lowest BCUT2D eigenvalue weighted by Gasteiger charge is -2.56. The van der Waals surface area contributed by atoms with Crippen molar-refractivity contribution in [3.63, 3.8) is 0 Å². The fourth-order valence-electron chi connectivity index (χ4n) is 5.63. The summed E-state index contributed by atoms with van der Waals surface area (Å²) >= 11 is 6.01. The first-order chi connectivity index (χ1) is 13.0. The van der Waals surface area contributed by atoms with Gasteiger partial charge in [0, 0.05) is 16.8 Å². The fourth-order valence-corrected chi connectivity index (χ4v) is 5.80. The van der Waals surface area contributed by atoms with Gasteiger partial charge in [0.2, 0.25) is 0 Å². The van der Waals surface area contributed by atoms with Crippen molar-refractivity contribution in [2.24, 2.45) is 17.8 Å². The van der Waals surface area contributed by atoms with Crippen LogP contribution in [0.5, 0.6) is 5.75 Å². The number of nitrogens with zero attached hydrogens (tertiary/aromatic N) is 1. The second kappa shape index (κ2) is 7.09. The van der Waals surface area contributed by atoms with Crippen molar-refractivity contribution < 1.29 is 9.53 Å². The number of anilines is 1. The van der Waals surface area contributed by atoms with Crippen molar-refractivity contribution >= 4 is 23.2 Å². The highest BCUT2D eigenvalue weighted by Crippen LogP contribution is 2.55. The molecule has 1 aromatic rings. The lowest BCUT2D eigenvalue weighted by molar-refractivity contribution is -0.112. The summed E-state index contributed by atoms with van der Waals surface area (Å²) in [5.41, 5.74) is 0.573. The Morgan fingerprint density at radius 3 is 2.44 bits per heavy atom. The van der Waals surface area contributed by atoms with Crippen LogP contribution in [0.25, 0.3) is 0 Å². The summed E-state index contributed by atoms with van der Waals surface area (Å²) in [6, 6.07) is 7.00. The Balaban J connectivity index is 1.48. The Bertz CT molecular complexity index is 792. The van der Waals surface area contributed by atoms with E-state index in [9.17, 15) is 10.1 Å². The summed E-state index contributed by atoms with van der Waals surface area (Å²) in [4.78, 5) is 12.6. The normalized spacial score (nSPS) is 31.3. The van der Waals surface area contributed by atoms with Crippen LogP contribution in [0, 0.1) is 29.1 Å². The molecule has 2 N–H and O–H groups in total. The third-order valence-corrected chi connectivity index (χ3v) is 6.57. The topological polar surface area (TPSA) is 74.1 Å². The van der Waals surface area contributed by atoms with Crippen LogP contribution >= 0.6 is 11.6 Å². The number of nitrogens with one attached hydrogen (secondary N) is 2. The quantitative estimate of drug-likeness (QED) is 0.586. The maximum atomic E-state index is 12.6.